The van der Waals surface area contributed by atoms with Crippen LogP contribution in [0.5, 0.6) is 5.75 Å². The molecule has 1 aromatic heterocycles. The summed E-state index contributed by atoms with van der Waals surface area (Å²) in [7, 11) is 0. The maximum atomic E-state index is 12.5. The van der Waals surface area contributed by atoms with Crippen molar-refractivity contribution >= 4 is 33.7 Å². The molecule has 0 spiro atoms. The van der Waals surface area contributed by atoms with Crippen molar-refractivity contribution in [3.63, 3.8) is 0 Å². The zero-order valence-corrected chi connectivity index (χ0v) is 17.4. The van der Waals surface area contributed by atoms with Crippen LogP contribution >= 0.6 is 15.9 Å². The van der Waals surface area contributed by atoms with Gasteiger partial charge in [0.15, 0.2) is 0 Å². The van der Waals surface area contributed by atoms with Crippen molar-refractivity contribution in [1.82, 2.24) is 9.97 Å². The second kappa shape index (κ2) is 9.65. The van der Waals surface area contributed by atoms with Crippen LogP contribution in [0.25, 0.3) is 11.3 Å². The van der Waals surface area contributed by atoms with Crippen molar-refractivity contribution in [2.45, 2.75) is 12.9 Å². The number of anilines is 2. The van der Waals surface area contributed by atoms with Gasteiger partial charge in [0, 0.05) is 22.6 Å². The maximum Gasteiger partial charge on any atom is 0.573 e. The standard InChI is InChI=1S/C20H16BrF3N4O3/c21-14-6-4-12(5-7-14)10-25-17-9-16(27-19(28-17)26-11-18(29)30)13-2-1-3-15(8-13)31-20(22,23)24/h1-9H,10-11H2,(H,29,30)(H2,25,26,27,28). The van der Waals surface area contributed by atoms with Gasteiger partial charge in [0.05, 0.1) is 5.69 Å². The molecule has 0 radical (unpaired) electrons. The Morgan fingerprint density at radius 1 is 1.06 bits per heavy atom. The van der Waals surface area contributed by atoms with Crippen LogP contribution in [-0.4, -0.2) is 34.0 Å². The van der Waals surface area contributed by atoms with Crippen LogP contribution in [0, 0.1) is 0 Å². The van der Waals surface area contributed by atoms with E-state index in [0.717, 1.165) is 10.0 Å². The van der Waals surface area contributed by atoms with Crippen LogP contribution in [0.15, 0.2) is 59.1 Å². The van der Waals surface area contributed by atoms with Gasteiger partial charge in [-0.15, -0.1) is 13.2 Å². The number of carboxylic acid groups (broad SMARTS) is 1. The summed E-state index contributed by atoms with van der Waals surface area (Å²) in [6.07, 6.45) is -4.82. The predicted octanol–water partition coefficient (Wildman–Crippen LogP) is 4.91. The molecule has 0 unspecified atom stereocenters. The average Bonchev–Trinajstić information content (AvgIpc) is 2.71. The van der Waals surface area contributed by atoms with Gasteiger partial charge in [-0.3, -0.25) is 4.79 Å². The number of halogens is 4. The summed E-state index contributed by atoms with van der Waals surface area (Å²) in [5.74, 6) is -1.13. The Labute approximate surface area is 183 Å². The molecule has 7 nitrogen and oxygen atoms in total. The molecule has 0 aliphatic heterocycles. The summed E-state index contributed by atoms with van der Waals surface area (Å²) in [4.78, 5) is 19.3. The molecule has 0 aliphatic carbocycles. The summed E-state index contributed by atoms with van der Waals surface area (Å²) in [5.41, 5.74) is 1.59. The van der Waals surface area contributed by atoms with Gasteiger partial charge in [-0.1, -0.05) is 40.2 Å². The molecule has 0 saturated carbocycles. The number of rotatable bonds is 8. The highest BCUT2D eigenvalue weighted by Gasteiger charge is 2.31. The zero-order valence-electron chi connectivity index (χ0n) is 15.8. The third-order valence-electron chi connectivity index (χ3n) is 3.87. The van der Waals surface area contributed by atoms with Crippen LogP contribution in [-0.2, 0) is 11.3 Å². The van der Waals surface area contributed by atoms with Gasteiger partial charge in [-0.05, 0) is 29.8 Å². The fourth-order valence-electron chi connectivity index (χ4n) is 2.57. The first-order chi connectivity index (χ1) is 14.7. The van der Waals surface area contributed by atoms with E-state index in [4.69, 9.17) is 5.11 Å². The van der Waals surface area contributed by atoms with Gasteiger partial charge in [0.25, 0.3) is 0 Å². The fraction of sp³-hybridized carbons (Fsp3) is 0.150. The van der Waals surface area contributed by atoms with Crippen LogP contribution in [0.1, 0.15) is 5.56 Å². The molecule has 0 fully saturated rings. The monoisotopic (exact) mass is 496 g/mol. The van der Waals surface area contributed by atoms with Crippen molar-refractivity contribution in [1.29, 1.82) is 0 Å². The van der Waals surface area contributed by atoms with Crippen molar-refractivity contribution in [2.24, 2.45) is 0 Å². The number of alkyl halides is 3. The molecule has 0 bridgehead atoms. The van der Waals surface area contributed by atoms with Crippen molar-refractivity contribution in [2.75, 3.05) is 17.2 Å². The van der Waals surface area contributed by atoms with Crippen molar-refractivity contribution in [3.8, 4) is 17.0 Å². The molecule has 2 aromatic carbocycles. The van der Waals surface area contributed by atoms with E-state index in [9.17, 15) is 18.0 Å². The molecule has 11 heteroatoms. The Morgan fingerprint density at radius 2 is 1.81 bits per heavy atom. The van der Waals surface area contributed by atoms with Gasteiger partial charge < -0.3 is 20.5 Å². The summed E-state index contributed by atoms with van der Waals surface area (Å²) in [6, 6.07) is 14.5. The largest absolute Gasteiger partial charge is 0.573 e. The van der Waals surface area contributed by atoms with Gasteiger partial charge in [0.2, 0.25) is 5.95 Å². The average molecular weight is 497 g/mol. The maximum absolute atomic E-state index is 12.5. The Bertz CT molecular complexity index is 1060. The number of benzene rings is 2. The number of hydrogen-bond donors (Lipinski definition) is 3. The summed E-state index contributed by atoms with van der Waals surface area (Å²) >= 11 is 3.36. The van der Waals surface area contributed by atoms with E-state index < -0.39 is 24.6 Å². The first-order valence-corrected chi connectivity index (χ1v) is 9.66. The van der Waals surface area contributed by atoms with E-state index in [2.05, 4.69) is 41.3 Å². The van der Waals surface area contributed by atoms with Crippen molar-refractivity contribution < 1.29 is 27.8 Å². The minimum absolute atomic E-state index is 0.0142. The first kappa shape index (κ1) is 22.3. The van der Waals surface area contributed by atoms with Gasteiger partial charge >= 0.3 is 12.3 Å². The first-order valence-electron chi connectivity index (χ1n) is 8.87. The number of ether oxygens (including phenoxy) is 1. The van der Waals surface area contributed by atoms with Crippen LogP contribution < -0.4 is 15.4 Å². The SMILES string of the molecule is O=C(O)CNc1nc(NCc2ccc(Br)cc2)cc(-c2cccc(OC(F)(F)F)c2)n1. The highest BCUT2D eigenvalue weighted by Crippen LogP contribution is 2.28. The molecule has 0 saturated heterocycles. The van der Waals surface area contributed by atoms with Crippen LogP contribution in [0.4, 0.5) is 24.9 Å². The number of carbonyl (C=O) groups is 1. The highest BCUT2D eigenvalue weighted by molar-refractivity contribution is 9.10. The Hall–Kier alpha value is -3.34. The van der Waals surface area contributed by atoms with E-state index in [-0.39, 0.29) is 11.6 Å². The normalized spacial score (nSPS) is 11.1. The molecule has 0 aliphatic rings. The second-order valence-electron chi connectivity index (χ2n) is 6.26. The molecule has 0 atom stereocenters. The molecule has 0 amide bonds. The molecule has 3 N–H and O–H groups in total. The van der Waals surface area contributed by atoms with Crippen LogP contribution in [0.3, 0.4) is 0 Å². The Kier molecular flexibility index (Phi) is 6.95. The molecule has 31 heavy (non-hydrogen) atoms. The highest BCUT2D eigenvalue weighted by atomic mass is 79.9. The number of aromatic nitrogens is 2. The lowest BCUT2D eigenvalue weighted by Gasteiger charge is -2.12. The third-order valence-corrected chi connectivity index (χ3v) is 4.40. The lowest BCUT2D eigenvalue weighted by atomic mass is 10.1. The Balaban J connectivity index is 1.88. The summed E-state index contributed by atoms with van der Waals surface area (Å²) in [6.45, 7) is -0.00778. The number of hydrogen-bond acceptors (Lipinski definition) is 6. The summed E-state index contributed by atoms with van der Waals surface area (Å²) < 4.78 is 42.5. The van der Waals surface area contributed by atoms with E-state index in [1.807, 2.05) is 24.3 Å². The molecular formula is C20H16BrF3N4O3. The molecule has 1 heterocycles. The van der Waals surface area contributed by atoms with Gasteiger partial charge in [0.1, 0.15) is 18.1 Å². The molecule has 162 valence electrons. The minimum atomic E-state index is -4.82. The fourth-order valence-corrected chi connectivity index (χ4v) is 2.83. The summed E-state index contributed by atoms with van der Waals surface area (Å²) in [5, 5.41) is 14.6. The third kappa shape index (κ3) is 7.14. The van der Waals surface area contributed by atoms with E-state index >= 15 is 0 Å². The molecule has 3 aromatic rings. The molecule has 3 rings (SSSR count). The number of aliphatic carboxylic acids is 1. The quantitative estimate of drug-likeness (QED) is 0.407. The topological polar surface area (TPSA) is 96.4 Å². The lowest BCUT2D eigenvalue weighted by molar-refractivity contribution is -0.274. The zero-order chi connectivity index (χ0) is 22.4. The number of nitrogens with zero attached hydrogens (tertiary/aromatic N) is 2. The van der Waals surface area contributed by atoms with Gasteiger partial charge in [-0.2, -0.15) is 4.98 Å². The predicted molar refractivity (Wildman–Crippen MR) is 112 cm³/mol. The van der Waals surface area contributed by atoms with E-state index in [1.165, 1.54) is 18.2 Å². The number of nitrogens with one attached hydrogen (secondary N) is 2. The lowest BCUT2D eigenvalue weighted by Crippen LogP contribution is -2.17. The van der Waals surface area contributed by atoms with Crippen molar-refractivity contribution in [3.05, 3.63) is 64.6 Å². The Morgan fingerprint density at radius 3 is 2.48 bits per heavy atom. The smallest absolute Gasteiger partial charge is 0.480 e. The van der Waals surface area contributed by atoms with Gasteiger partial charge in [-0.25, -0.2) is 4.98 Å². The minimum Gasteiger partial charge on any atom is -0.480 e. The van der Waals surface area contributed by atoms with E-state index in [1.54, 1.807) is 12.1 Å². The number of carboxylic acids is 1. The van der Waals surface area contributed by atoms with Crippen LogP contribution in [0.2, 0.25) is 0 Å². The van der Waals surface area contributed by atoms with E-state index in [0.29, 0.717) is 17.9 Å². The molecular weight excluding hydrogens is 481 g/mol. The second-order valence-corrected chi connectivity index (χ2v) is 7.18.